The minimum absolute atomic E-state index is 0.0269. The molecule has 0 fully saturated rings. The Bertz CT molecular complexity index is 1430. The van der Waals surface area contributed by atoms with Crippen molar-refractivity contribution in [2.75, 3.05) is 25.5 Å². The Morgan fingerprint density at radius 2 is 2.05 bits per heavy atom. The Morgan fingerprint density at radius 1 is 1.25 bits per heavy atom. The molecule has 0 saturated carbocycles. The van der Waals surface area contributed by atoms with Crippen LogP contribution in [0.1, 0.15) is 24.8 Å². The maximum Gasteiger partial charge on any atom is 0.412 e. The summed E-state index contributed by atoms with van der Waals surface area (Å²) in [5.74, 6) is -1.10. The summed E-state index contributed by atoms with van der Waals surface area (Å²) in [7, 11) is 1.58. The summed E-state index contributed by atoms with van der Waals surface area (Å²) in [4.78, 5) is 35.1. The van der Waals surface area contributed by atoms with E-state index in [9.17, 15) is 18.4 Å². The second-order valence-corrected chi connectivity index (χ2v) is 9.18. The number of hydrogen-bond donors (Lipinski definition) is 3. The summed E-state index contributed by atoms with van der Waals surface area (Å²) in [5, 5.41) is 14.6. The van der Waals surface area contributed by atoms with Crippen LogP contribution in [0.15, 0.2) is 53.7 Å². The molecule has 1 atom stereocenters. The predicted molar refractivity (Wildman–Crippen MR) is 147 cm³/mol. The number of ether oxygens (including phenoxy) is 1. The van der Waals surface area contributed by atoms with Crippen LogP contribution in [0.5, 0.6) is 0 Å². The van der Waals surface area contributed by atoms with Crippen molar-refractivity contribution in [3.63, 3.8) is 0 Å². The van der Waals surface area contributed by atoms with Crippen molar-refractivity contribution in [1.29, 1.82) is 5.26 Å². The minimum Gasteiger partial charge on any atom is -0.447 e. The van der Waals surface area contributed by atoms with E-state index in [1.165, 1.54) is 41.4 Å². The van der Waals surface area contributed by atoms with E-state index >= 15 is 0 Å². The number of aryl methyl sites for hydroxylation is 1. The molecule has 0 spiro atoms. The van der Waals surface area contributed by atoms with E-state index in [0.29, 0.717) is 29.2 Å². The van der Waals surface area contributed by atoms with Crippen molar-refractivity contribution in [3.8, 4) is 6.19 Å². The molecular formula is C27H28ClF2N7O3. The van der Waals surface area contributed by atoms with Gasteiger partial charge in [0, 0.05) is 31.6 Å². The van der Waals surface area contributed by atoms with Crippen molar-refractivity contribution in [2.24, 2.45) is 10.7 Å². The summed E-state index contributed by atoms with van der Waals surface area (Å²) in [6.07, 6.45) is 3.50. The van der Waals surface area contributed by atoms with Gasteiger partial charge < -0.3 is 15.4 Å². The molecule has 10 nitrogen and oxygen atoms in total. The van der Waals surface area contributed by atoms with Gasteiger partial charge in [-0.05, 0) is 60.5 Å². The first-order chi connectivity index (χ1) is 19.2. The van der Waals surface area contributed by atoms with Gasteiger partial charge in [-0.2, -0.15) is 5.26 Å². The number of halogens is 3. The molecule has 0 bridgehead atoms. The quantitative estimate of drug-likeness (QED) is 0.102. The number of rotatable bonds is 11. The number of likely N-dealkylation sites (N-methyl/N-ethyl adjacent to an activating group) is 1. The highest BCUT2D eigenvalue weighted by molar-refractivity contribution is 6.31. The molecule has 1 aromatic heterocycles. The highest BCUT2D eigenvalue weighted by Gasteiger charge is 2.22. The molecule has 0 aliphatic heterocycles. The molecule has 0 radical (unpaired) electrons. The number of hydrogen-bond acceptors (Lipinski definition) is 6. The number of carbonyl (C=O) groups is 2. The van der Waals surface area contributed by atoms with Crippen LogP contribution in [0, 0.1) is 23.1 Å². The lowest BCUT2D eigenvalue weighted by molar-refractivity contribution is -0.132. The second-order valence-electron chi connectivity index (χ2n) is 8.80. The molecule has 0 aliphatic carbocycles. The molecule has 40 heavy (non-hydrogen) atoms. The van der Waals surface area contributed by atoms with E-state index in [0.717, 1.165) is 0 Å². The third-order valence-electron chi connectivity index (χ3n) is 6.06. The standard InChI is InChI=1S/C27H28ClF2N7O3/c1-37(24(38)10-8-17-4-2-6-22(30)25(17)28)21(5-3-11-33-26(32)35-16-31)15-40-27(39)36-23-13-19-12-20(29)9-7-18(19)14-34-23/h2,4,6-7,9,12-14,21H,3,5,8,10-11,15H2,1H3,(H3,32,33,35)(H,34,36,39)/t21-/m0/s1. The molecule has 0 saturated heterocycles. The maximum absolute atomic E-state index is 13.8. The molecule has 0 unspecified atom stereocenters. The lowest BCUT2D eigenvalue weighted by Crippen LogP contribution is -2.41. The Kier molecular flexibility index (Phi) is 11.0. The van der Waals surface area contributed by atoms with Crippen molar-refractivity contribution >= 4 is 46.2 Å². The number of carbonyl (C=O) groups excluding carboxylic acids is 2. The monoisotopic (exact) mass is 571 g/mol. The van der Waals surface area contributed by atoms with Crippen molar-refractivity contribution in [2.45, 2.75) is 31.7 Å². The summed E-state index contributed by atoms with van der Waals surface area (Å²) >= 11 is 6.01. The lowest BCUT2D eigenvalue weighted by atomic mass is 10.1. The van der Waals surface area contributed by atoms with Gasteiger partial charge in [0.2, 0.25) is 11.9 Å². The molecule has 2 aromatic carbocycles. The Morgan fingerprint density at radius 3 is 2.83 bits per heavy atom. The largest absolute Gasteiger partial charge is 0.447 e. The average molecular weight is 572 g/mol. The number of anilines is 1. The smallest absolute Gasteiger partial charge is 0.412 e. The summed E-state index contributed by atoms with van der Waals surface area (Å²) in [6.45, 7) is 0.119. The first-order valence-electron chi connectivity index (χ1n) is 12.3. The number of benzene rings is 2. The van der Waals surface area contributed by atoms with Crippen molar-refractivity contribution in [1.82, 2.24) is 15.2 Å². The van der Waals surface area contributed by atoms with Crippen molar-refractivity contribution < 1.29 is 23.1 Å². The highest BCUT2D eigenvalue weighted by atomic mass is 35.5. The van der Waals surface area contributed by atoms with Gasteiger partial charge in [0.05, 0.1) is 11.1 Å². The van der Waals surface area contributed by atoms with Crippen LogP contribution in [0.25, 0.3) is 10.8 Å². The van der Waals surface area contributed by atoms with Gasteiger partial charge in [-0.1, -0.05) is 23.7 Å². The van der Waals surface area contributed by atoms with E-state index in [2.05, 4.69) is 20.6 Å². The zero-order chi connectivity index (χ0) is 29.1. The number of nitriles is 1. The number of fused-ring (bicyclic) bond motifs is 1. The van der Waals surface area contributed by atoms with Gasteiger partial charge in [0.15, 0.2) is 6.19 Å². The topological polar surface area (TPSA) is 146 Å². The van der Waals surface area contributed by atoms with E-state index < -0.39 is 23.8 Å². The number of aliphatic imine (C=N–C) groups is 1. The predicted octanol–water partition coefficient (Wildman–Crippen LogP) is 4.34. The van der Waals surface area contributed by atoms with E-state index in [4.69, 9.17) is 27.3 Å². The SMILES string of the molecule is CN(C(=O)CCc1cccc(F)c1Cl)[C@@H](CCCN=C(N)NC#N)COC(=O)Nc1cc2cc(F)ccc2cn1. The first kappa shape index (κ1) is 30.0. The van der Waals surface area contributed by atoms with Gasteiger partial charge in [0.1, 0.15) is 24.1 Å². The van der Waals surface area contributed by atoms with Gasteiger partial charge >= 0.3 is 6.09 Å². The van der Waals surface area contributed by atoms with Gasteiger partial charge in [-0.3, -0.25) is 20.4 Å². The van der Waals surface area contributed by atoms with Crippen LogP contribution >= 0.6 is 11.6 Å². The zero-order valence-electron chi connectivity index (χ0n) is 21.7. The molecule has 3 aromatic rings. The number of nitrogens with zero attached hydrogens (tertiary/aromatic N) is 4. The highest BCUT2D eigenvalue weighted by Crippen LogP contribution is 2.22. The van der Waals surface area contributed by atoms with E-state index in [1.54, 1.807) is 25.4 Å². The number of amides is 2. The fourth-order valence-electron chi connectivity index (χ4n) is 3.87. The number of pyridine rings is 1. The lowest BCUT2D eigenvalue weighted by Gasteiger charge is -2.28. The number of guanidine groups is 1. The third kappa shape index (κ3) is 8.78. The Labute approximate surface area is 234 Å². The van der Waals surface area contributed by atoms with Crippen LogP contribution in [-0.4, -0.2) is 54.1 Å². The van der Waals surface area contributed by atoms with Gasteiger partial charge in [0.25, 0.3) is 0 Å². The summed E-state index contributed by atoms with van der Waals surface area (Å²) in [6, 6.07) is 9.62. The van der Waals surface area contributed by atoms with Crippen LogP contribution < -0.4 is 16.4 Å². The minimum atomic E-state index is -0.805. The third-order valence-corrected chi connectivity index (χ3v) is 6.49. The first-order valence-corrected chi connectivity index (χ1v) is 12.7. The molecular weight excluding hydrogens is 544 g/mol. The molecule has 1 heterocycles. The Balaban J connectivity index is 1.62. The molecule has 210 valence electrons. The number of nitrogens with two attached hydrogens (primary N) is 1. The van der Waals surface area contributed by atoms with Gasteiger partial charge in [-0.15, -0.1) is 0 Å². The fourth-order valence-corrected chi connectivity index (χ4v) is 4.09. The summed E-state index contributed by atoms with van der Waals surface area (Å²) in [5.41, 5.74) is 6.06. The van der Waals surface area contributed by atoms with Crippen LogP contribution in [0.3, 0.4) is 0 Å². The van der Waals surface area contributed by atoms with Crippen LogP contribution in [-0.2, 0) is 16.0 Å². The van der Waals surface area contributed by atoms with E-state index in [1.807, 2.05) is 0 Å². The van der Waals surface area contributed by atoms with Crippen molar-refractivity contribution in [3.05, 3.63) is 70.9 Å². The molecule has 3 rings (SSSR count). The second kappa shape index (κ2) is 14.6. The van der Waals surface area contributed by atoms with E-state index in [-0.39, 0.29) is 48.7 Å². The average Bonchev–Trinajstić information content (AvgIpc) is 2.92. The molecule has 2 amide bonds. The molecule has 13 heteroatoms. The zero-order valence-corrected chi connectivity index (χ0v) is 22.4. The normalized spacial score (nSPS) is 11.9. The van der Waals surface area contributed by atoms with Gasteiger partial charge in [-0.25, -0.2) is 18.6 Å². The fraction of sp³-hybridized carbons (Fsp3) is 0.296. The summed E-state index contributed by atoms with van der Waals surface area (Å²) < 4.78 is 32.7. The Hall–Kier alpha value is -4.50. The maximum atomic E-state index is 13.8. The number of nitrogens with one attached hydrogen (secondary N) is 2. The number of aromatic nitrogens is 1. The molecule has 0 aliphatic rings. The van der Waals surface area contributed by atoms with Crippen LogP contribution in [0.4, 0.5) is 19.4 Å². The molecule has 4 N–H and O–H groups in total. The van der Waals surface area contributed by atoms with Crippen LogP contribution in [0.2, 0.25) is 5.02 Å².